The molecule has 5 rings (SSSR count). The fourth-order valence-electron chi connectivity index (χ4n) is 4.53. The molecule has 1 aliphatic carbocycles. The normalized spacial score (nSPS) is 16.6. The standard InChI is InChI=1S/C29H30FN7O3/c1-4-26-33-36-37(34-26)14-13-31-28(38)24-12-9-19(16-25(24)30)27-32-29(40-35-27)20-10-11-23(21(15-20)17-39-3)22-8-6-5-7-18(22)2/h5-12,15-16,24-25H,4,13-14,17H2,1-3H3,(H,31,38). The highest BCUT2D eigenvalue weighted by atomic mass is 19.1. The van der Waals surface area contributed by atoms with Gasteiger partial charge in [-0.15, -0.1) is 10.2 Å². The number of nitrogens with one attached hydrogen (secondary N) is 1. The van der Waals surface area contributed by atoms with Crippen LogP contribution in [0.15, 0.2) is 65.2 Å². The monoisotopic (exact) mass is 543 g/mol. The van der Waals surface area contributed by atoms with Crippen LogP contribution >= 0.6 is 0 Å². The van der Waals surface area contributed by atoms with Crippen molar-refractivity contribution in [3.05, 3.63) is 83.5 Å². The van der Waals surface area contributed by atoms with Crippen molar-refractivity contribution < 1.29 is 18.4 Å². The number of aromatic nitrogens is 6. The molecule has 0 bridgehead atoms. The molecule has 0 saturated heterocycles. The lowest BCUT2D eigenvalue weighted by Crippen LogP contribution is -2.37. The topological polar surface area (TPSA) is 121 Å². The highest BCUT2D eigenvalue weighted by molar-refractivity contribution is 5.84. The van der Waals surface area contributed by atoms with E-state index in [0.29, 0.717) is 36.9 Å². The smallest absolute Gasteiger partial charge is 0.258 e. The maximum Gasteiger partial charge on any atom is 0.258 e. The van der Waals surface area contributed by atoms with Crippen LogP contribution in [0.25, 0.3) is 28.2 Å². The van der Waals surface area contributed by atoms with Crippen LogP contribution in [0.2, 0.25) is 0 Å². The molecule has 2 heterocycles. The first-order valence-corrected chi connectivity index (χ1v) is 13.1. The number of aryl methyl sites for hydroxylation is 2. The van der Waals surface area contributed by atoms with Crippen molar-refractivity contribution in [2.24, 2.45) is 5.92 Å². The van der Waals surface area contributed by atoms with E-state index >= 15 is 4.39 Å². The van der Waals surface area contributed by atoms with Gasteiger partial charge in [0.25, 0.3) is 5.89 Å². The lowest BCUT2D eigenvalue weighted by Gasteiger charge is -2.18. The first-order chi connectivity index (χ1) is 19.5. The summed E-state index contributed by atoms with van der Waals surface area (Å²) in [4.78, 5) is 18.5. The summed E-state index contributed by atoms with van der Waals surface area (Å²) in [7, 11) is 1.65. The van der Waals surface area contributed by atoms with Crippen molar-refractivity contribution in [2.75, 3.05) is 13.7 Å². The van der Waals surface area contributed by atoms with Gasteiger partial charge in [-0.3, -0.25) is 4.79 Å². The van der Waals surface area contributed by atoms with Crippen molar-refractivity contribution in [3.63, 3.8) is 0 Å². The van der Waals surface area contributed by atoms with Crippen LogP contribution in [0, 0.1) is 12.8 Å². The molecule has 0 saturated carbocycles. The summed E-state index contributed by atoms with van der Waals surface area (Å²) in [5.74, 6) is -0.213. The molecule has 1 N–H and O–H groups in total. The second-order valence-corrected chi connectivity index (χ2v) is 9.44. The largest absolute Gasteiger partial charge is 0.380 e. The zero-order valence-corrected chi connectivity index (χ0v) is 22.5. The zero-order valence-electron chi connectivity index (χ0n) is 22.5. The van der Waals surface area contributed by atoms with Gasteiger partial charge in [-0.1, -0.05) is 54.6 Å². The Bertz CT molecular complexity index is 1560. The highest BCUT2D eigenvalue weighted by Crippen LogP contribution is 2.32. The molecule has 40 heavy (non-hydrogen) atoms. The number of nitrogens with zero attached hydrogens (tertiary/aromatic N) is 6. The maximum atomic E-state index is 15.0. The highest BCUT2D eigenvalue weighted by Gasteiger charge is 2.28. The number of alkyl halides is 1. The van der Waals surface area contributed by atoms with Crippen molar-refractivity contribution >= 4 is 11.5 Å². The Kier molecular flexibility index (Phi) is 8.20. The van der Waals surface area contributed by atoms with E-state index in [1.807, 2.05) is 37.3 Å². The predicted molar refractivity (Wildman–Crippen MR) is 146 cm³/mol. The molecule has 0 spiro atoms. The Morgan fingerprint density at radius 3 is 2.80 bits per heavy atom. The Morgan fingerprint density at radius 1 is 1.20 bits per heavy atom. The Balaban J connectivity index is 1.26. The van der Waals surface area contributed by atoms with E-state index in [9.17, 15) is 4.79 Å². The van der Waals surface area contributed by atoms with Crippen molar-refractivity contribution in [2.45, 2.75) is 39.6 Å². The zero-order chi connectivity index (χ0) is 28.1. The quantitative estimate of drug-likeness (QED) is 0.317. The minimum atomic E-state index is -1.54. The molecular weight excluding hydrogens is 513 g/mol. The van der Waals surface area contributed by atoms with Crippen LogP contribution in [0.3, 0.4) is 0 Å². The lowest BCUT2D eigenvalue weighted by atomic mass is 9.93. The van der Waals surface area contributed by atoms with Gasteiger partial charge in [-0.2, -0.15) is 9.78 Å². The molecule has 10 nitrogen and oxygen atoms in total. The van der Waals surface area contributed by atoms with Gasteiger partial charge in [0, 0.05) is 31.2 Å². The minimum Gasteiger partial charge on any atom is -0.380 e. The van der Waals surface area contributed by atoms with Gasteiger partial charge in [-0.05, 0) is 52.6 Å². The summed E-state index contributed by atoms with van der Waals surface area (Å²) in [6.07, 6.45) is 3.62. The molecule has 11 heteroatoms. The summed E-state index contributed by atoms with van der Waals surface area (Å²) in [5.41, 5.74) is 5.50. The number of ether oxygens (including phenoxy) is 1. The first kappa shape index (κ1) is 27.1. The minimum absolute atomic E-state index is 0.244. The number of hydrogen-bond donors (Lipinski definition) is 1. The van der Waals surface area contributed by atoms with E-state index in [1.165, 1.54) is 16.9 Å². The van der Waals surface area contributed by atoms with Crippen LogP contribution in [-0.4, -0.2) is 56.1 Å². The molecule has 1 amide bonds. The fraction of sp³-hybridized carbons (Fsp3) is 0.310. The number of carbonyl (C=O) groups excluding carboxylic acids is 1. The molecule has 1 aliphatic rings. The molecule has 2 unspecified atom stereocenters. The average Bonchev–Trinajstić information content (AvgIpc) is 3.64. The Hall–Kier alpha value is -4.51. The van der Waals surface area contributed by atoms with E-state index in [2.05, 4.69) is 49.9 Å². The first-order valence-electron chi connectivity index (χ1n) is 13.1. The molecule has 0 radical (unpaired) electrons. The third-order valence-electron chi connectivity index (χ3n) is 6.66. The van der Waals surface area contributed by atoms with Gasteiger partial charge in [0.1, 0.15) is 6.17 Å². The number of hydrogen-bond acceptors (Lipinski definition) is 8. The SMILES string of the molecule is CCc1nnn(CCNC(=O)C2C=CC(c3noc(-c4ccc(-c5ccccc5C)c(COC)c4)n3)=CC2F)n1. The number of benzene rings is 2. The number of allylic oxidation sites excluding steroid dienone is 3. The van der Waals surface area contributed by atoms with Gasteiger partial charge >= 0.3 is 0 Å². The van der Waals surface area contributed by atoms with Crippen LogP contribution in [0.4, 0.5) is 4.39 Å². The van der Waals surface area contributed by atoms with E-state index in [1.54, 1.807) is 13.2 Å². The third-order valence-corrected chi connectivity index (χ3v) is 6.66. The Morgan fingerprint density at radius 2 is 2.05 bits per heavy atom. The summed E-state index contributed by atoms with van der Waals surface area (Å²) < 4.78 is 26.0. The summed E-state index contributed by atoms with van der Waals surface area (Å²) >= 11 is 0. The number of carbonyl (C=O) groups is 1. The van der Waals surface area contributed by atoms with Gasteiger partial charge < -0.3 is 14.6 Å². The fourth-order valence-corrected chi connectivity index (χ4v) is 4.53. The number of amides is 1. The summed E-state index contributed by atoms with van der Waals surface area (Å²) in [6, 6.07) is 14.1. The van der Waals surface area contributed by atoms with E-state index in [-0.39, 0.29) is 12.4 Å². The van der Waals surface area contributed by atoms with Crippen molar-refractivity contribution in [1.82, 2.24) is 35.7 Å². The maximum absolute atomic E-state index is 15.0. The van der Waals surface area contributed by atoms with Crippen LogP contribution in [0.1, 0.15) is 29.7 Å². The van der Waals surface area contributed by atoms with Crippen molar-refractivity contribution in [3.8, 4) is 22.6 Å². The molecular formula is C29H30FN7O3. The number of methoxy groups -OCH3 is 1. The second-order valence-electron chi connectivity index (χ2n) is 9.44. The van der Waals surface area contributed by atoms with Crippen LogP contribution < -0.4 is 5.32 Å². The van der Waals surface area contributed by atoms with E-state index in [0.717, 1.165) is 27.8 Å². The summed E-state index contributed by atoms with van der Waals surface area (Å²) in [6.45, 7) is 5.01. The third kappa shape index (κ3) is 5.89. The number of rotatable bonds is 10. The summed E-state index contributed by atoms with van der Waals surface area (Å²) in [5, 5.41) is 18.8. The van der Waals surface area contributed by atoms with E-state index < -0.39 is 18.0 Å². The molecule has 2 aromatic carbocycles. The molecule has 4 aromatic rings. The number of tetrazole rings is 1. The molecule has 0 aliphatic heterocycles. The number of halogens is 1. The van der Waals surface area contributed by atoms with Gasteiger partial charge in [0.15, 0.2) is 5.82 Å². The van der Waals surface area contributed by atoms with Gasteiger partial charge in [0.05, 0.1) is 19.1 Å². The molecule has 2 atom stereocenters. The Labute approximate surface area is 230 Å². The van der Waals surface area contributed by atoms with Gasteiger partial charge in [-0.25, -0.2) is 4.39 Å². The molecule has 2 aromatic heterocycles. The van der Waals surface area contributed by atoms with Crippen LogP contribution in [0.5, 0.6) is 0 Å². The molecule has 206 valence electrons. The average molecular weight is 544 g/mol. The lowest BCUT2D eigenvalue weighted by molar-refractivity contribution is -0.124. The molecule has 0 fully saturated rings. The van der Waals surface area contributed by atoms with Gasteiger partial charge in [0.2, 0.25) is 11.7 Å². The van der Waals surface area contributed by atoms with E-state index in [4.69, 9.17) is 9.26 Å². The van der Waals surface area contributed by atoms with Crippen molar-refractivity contribution in [1.29, 1.82) is 0 Å². The van der Waals surface area contributed by atoms with Crippen LogP contribution in [-0.2, 0) is 29.1 Å². The predicted octanol–water partition coefficient (Wildman–Crippen LogP) is 4.13. The second kappa shape index (κ2) is 12.1.